The lowest BCUT2D eigenvalue weighted by atomic mass is 10.2. The van der Waals surface area contributed by atoms with Gasteiger partial charge < -0.3 is 20.3 Å². The maximum absolute atomic E-state index is 12.8. The summed E-state index contributed by atoms with van der Waals surface area (Å²) < 4.78 is 5.42. The Hall–Kier alpha value is -2.67. The van der Waals surface area contributed by atoms with Gasteiger partial charge >= 0.3 is 0 Å². The average Bonchev–Trinajstić information content (AvgIpc) is 2.67. The van der Waals surface area contributed by atoms with Crippen LogP contribution in [0.2, 0.25) is 0 Å². The zero-order valence-corrected chi connectivity index (χ0v) is 15.3. The molecule has 0 bridgehead atoms. The maximum Gasteiger partial charge on any atom is 0.274 e. The van der Waals surface area contributed by atoms with Crippen LogP contribution in [0.25, 0.3) is 0 Å². The minimum atomic E-state index is -0.240. The van der Waals surface area contributed by atoms with E-state index in [4.69, 9.17) is 4.74 Å². The number of nitrogens with zero attached hydrogens (tertiary/aromatic N) is 3. The van der Waals surface area contributed by atoms with E-state index in [9.17, 15) is 4.79 Å². The lowest BCUT2D eigenvalue weighted by molar-refractivity contribution is 0.102. The maximum atomic E-state index is 12.8. The highest BCUT2D eigenvalue weighted by Crippen LogP contribution is 2.26. The molecule has 1 fully saturated rings. The minimum Gasteiger partial charge on any atom is -0.378 e. The summed E-state index contributed by atoms with van der Waals surface area (Å²) in [4.78, 5) is 23.6. The van der Waals surface area contributed by atoms with E-state index in [1.807, 2.05) is 24.3 Å². The molecule has 138 valence electrons. The van der Waals surface area contributed by atoms with E-state index >= 15 is 0 Å². The number of aromatic nitrogens is 2. The number of nitrogens with one attached hydrogen (secondary N) is 2. The molecular formula is C19H25N5O2. The third-order valence-corrected chi connectivity index (χ3v) is 4.13. The van der Waals surface area contributed by atoms with Crippen molar-refractivity contribution in [3.63, 3.8) is 0 Å². The van der Waals surface area contributed by atoms with Crippen LogP contribution in [-0.4, -0.2) is 48.7 Å². The lowest BCUT2D eigenvalue weighted by Crippen LogP contribution is -2.36. The van der Waals surface area contributed by atoms with Crippen LogP contribution in [-0.2, 0) is 4.74 Å². The van der Waals surface area contributed by atoms with E-state index in [0.717, 1.165) is 37.4 Å². The SMILES string of the molecule is CCCNc1cc(C(=O)Nc2ccccc2N2CCOCC2)nc(C)n1. The van der Waals surface area contributed by atoms with Gasteiger partial charge in [-0.15, -0.1) is 0 Å². The Morgan fingerprint density at radius 3 is 2.77 bits per heavy atom. The highest BCUT2D eigenvalue weighted by atomic mass is 16.5. The molecular weight excluding hydrogens is 330 g/mol. The molecule has 3 rings (SSSR count). The molecule has 1 saturated heterocycles. The smallest absolute Gasteiger partial charge is 0.274 e. The van der Waals surface area contributed by atoms with Crippen molar-refractivity contribution in [1.29, 1.82) is 0 Å². The Morgan fingerprint density at radius 1 is 1.23 bits per heavy atom. The second-order valence-electron chi connectivity index (χ2n) is 6.18. The highest BCUT2D eigenvalue weighted by molar-refractivity contribution is 6.05. The van der Waals surface area contributed by atoms with Crippen LogP contribution in [0, 0.1) is 6.92 Å². The second kappa shape index (κ2) is 8.62. The zero-order valence-electron chi connectivity index (χ0n) is 15.3. The molecule has 2 aromatic rings. The fraction of sp³-hybridized carbons (Fsp3) is 0.421. The van der Waals surface area contributed by atoms with Gasteiger partial charge in [-0.1, -0.05) is 19.1 Å². The predicted octanol–water partition coefficient (Wildman–Crippen LogP) is 2.70. The fourth-order valence-electron chi connectivity index (χ4n) is 2.87. The molecule has 26 heavy (non-hydrogen) atoms. The van der Waals surface area contributed by atoms with E-state index in [1.165, 1.54) is 0 Å². The summed E-state index contributed by atoms with van der Waals surface area (Å²) >= 11 is 0. The molecule has 0 radical (unpaired) electrons. The number of para-hydroxylation sites is 2. The summed E-state index contributed by atoms with van der Waals surface area (Å²) in [5.74, 6) is 0.999. The van der Waals surface area contributed by atoms with Gasteiger partial charge in [-0.3, -0.25) is 4.79 Å². The Kier molecular flexibility index (Phi) is 6.01. The first-order valence-corrected chi connectivity index (χ1v) is 9.00. The minimum absolute atomic E-state index is 0.240. The van der Waals surface area contributed by atoms with Gasteiger partial charge in [-0.05, 0) is 25.5 Å². The van der Waals surface area contributed by atoms with E-state index in [-0.39, 0.29) is 5.91 Å². The van der Waals surface area contributed by atoms with Crippen molar-refractivity contribution in [1.82, 2.24) is 9.97 Å². The Labute approximate surface area is 153 Å². The topological polar surface area (TPSA) is 79.4 Å². The number of hydrogen-bond acceptors (Lipinski definition) is 6. The number of hydrogen-bond donors (Lipinski definition) is 2. The Morgan fingerprint density at radius 2 is 2.00 bits per heavy atom. The van der Waals surface area contributed by atoms with Gasteiger partial charge in [0.05, 0.1) is 24.6 Å². The predicted molar refractivity (Wildman–Crippen MR) is 103 cm³/mol. The van der Waals surface area contributed by atoms with Crippen LogP contribution in [0.15, 0.2) is 30.3 Å². The summed E-state index contributed by atoms with van der Waals surface area (Å²) in [7, 11) is 0. The van der Waals surface area contributed by atoms with Gasteiger partial charge in [0.1, 0.15) is 17.3 Å². The van der Waals surface area contributed by atoms with Crippen molar-refractivity contribution in [3.05, 3.63) is 41.9 Å². The van der Waals surface area contributed by atoms with Crippen LogP contribution in [0.4, 0.5) is 17.2 Å². The van der Waals surface area contributed by atoms with Crippen LogP contribution in [0.3, 0.4) is 0 Å². The molecule has 0 spiro atoms. The van der Waals surface area contributed by atoms with Crippen LogP contribution in [0.5, 0.6) is 0 Å². The molecule has 0 saturated carbocycles. The third-order valence-electron chi connectivity index (χ3n) is 4.13. The third kappa shape index (κ3) is 4.49. The molecule has 7 heteroatoms. The summed E-state index contributed by atoms with van der Waals surface area (Å²) in [6, 6.07) is 9.50. The number of rotatable bonds is 6. The first-order chi connectivity index (χ1) is 12.7. The molecule has 1 aromatic carbocycles. The van der Waals surface area contributed by atoms with E-state index in [1.54, 1.807) is 13.0 Å². The molecule has 2 N–H and O–H groups in total. The number of ether oxygens (including phenoxy) is 1. The molecule has 2 heterocycles. The molecule has 1 aromatic heterocycles. The standard InChI is InChI=1S/C19H25N5O2/c1-3-8-20-18-13-16(21-14(2)22-18)19(25)23-15-6-4-5-7-17(15)24-9-11-26-12-10-24/h4-7,13H,3,8-12H2,1-2H3,(H,23,25)(H,20,21,22). The second-order valence-corrected chi connectivity index (χ2v) is 6.18. The van der Waals surface area contributed by atoms with E-state index < -0.39 is 0 Å². The van der Waals surface area contributed by atoms with E-state index in [0.29, 0.717) is 30.5 Å². The number of amides is 1. The lowest BCUT2D eigenvalue weighted by Gasteiger charge is -2.30. The summed E-state index contributed by atoms with van der Waals surface area (Å²) in [6.07, 6.45) is 0.984. The van der Waals surface area contributed by atoms with E-state index in [2.05, 4.69) is 32.4 Å². The fourth-order valence-corrected chi connectivity index (χ4v) is 2.87. The van der Waals surface area contributed by atoms with Gasteiger partial charge in [0.15, 0.2) is 0 Å². The summed E-state index contributed by atoms with van der Waals surface area (Å²) in [5.41, 5.74) is 2.13. The van der Waals surface area contributed by atoms with Gasteiger partial charge in [0.25, 0.3) is 5.91 Å². The molecule has 1 aliphatic heterocycles. The largest absolute Gasteiger partial charge is 0.378 e. The quantitative estimate of drug-likeness (QED) is 0.829. The van der Waals surface area contributed by atoms with Gasteiger partial charge in [0, 0.05) is 25.7 Å². The van der Waals surface area contributed by atoms with Crippen molar-refractivity contribution in [3.8, 4) is 0 Å². The average molecular weight is 355 g/mol. The van der Waals surface area contributed by atoms with Crippen LogP contribution < -0.4 is 15.5 Å². The zero-order chi connectivity index (χ0) is 18.4. The van der Waals surface area contributed by atoms with Gasteiger partial charge in [-0.2, -0.15) is 0 Å². The van der Waals surface area contributed by atoms with Crippen molar-refractivity contribution in [2.45, 2.75) is 20.3 Å². The van der Waals surface area contributed by atoms with Gasteiger partial charge in [0.2, 0.25) is 0 Å². The first kappa shape index (κ1) is 18.1. The van der Waals surface area contributed by atoms with Crippen LogP contribution in [0.1, 0.15) is 29.7 Å². The first-order valence-electron chi connectivity index (χ1n) is 9.00. The Balaban J connectivity index is 1.79. The number of morpholine rings is 1. The number of aryl methyl sites for hydroxylation is 1. The van der Waals surface area contributed by atoms with Crippen molar-refractivity contribution >= 4 is 23.1 Å². The van der Waals surface area contributed by atoms with Crippen molar-refractivity contribution < 1.29 is 9.53 Å². The highest BCUT2D eigenvalue weighted by Gasteiger charge is 2.17. The normalized spacial score (nSPS) is 14.2. The number of anilines is 3. The summed E-state index contributed by atoms with van der Waals surface area (Å²) in [6.45, 7) is 7.68. The molecule has 0 atom stereocenters. The molecule has 0 aliphatic carbocycles. The van der Waals surface area contributed by atoms with Gasteiger partial charge in [-0.25, -0.2) is 9.97 Å². The summed E-state index contributed by atoms with van der Waals surface area (Å²) in [5, 5.41) is 6.20. The molecule has 7 nitrogen and oxygen atoms in total. The monoisotopic (exact) mass is 355 g/mol. The molecule has 1 amide bonds. The van der Waals surface area contributed by atoms with Crippen molar-refractivity contribution in [2.75, 3.05) is 48.4 Å². The Bertz CT molecular complexity index is 759. The van der Waals surface area contributed by atoms with Crippen LogP contribution >= 0.6 is 0 Å². The van der Waals surface area contributed by atoms with Crippen molar-refractivity contribution in [2.24, 2.45) is 0 Å². The number of carbonyl (C=O) groups is 1. The molecule has 0 unspecified atom stereocenters. The number of benzene rings is 1. The molecule has 1 aliphatic rings. The number of carbonyl (C=O) groups excluding carboxylic acids is 1.